The van der Waals surface area contributed by atoms with Gasteiger partial charge in [0, 0.05) is 46.5 Å². The van der Waals surface area contributed by atoms with Crippen molar-refractivity contribution in [2.45, 2.75) is 32.2 Å². The lowest BCUT2D eigenvalue weighted by Crippen LogP contribution is -2.38. The van der Waals surface area contributed by atoms with Gasteiger partial charge in [0.1, 0.15) is 5.82 Å². The van der Waals surface area contributed by atoms with Crippen molar-refractivity contribution < 1.29 is 4.74 Å². The minimum Gasteiger partial charge on any atom is -0.383 e. The normalized spacial score (nSPS) is 15.4. The molecule has 0 amide bonds. The van der Waals surface area contributed by atoms with Crippen LogP contribution in [0.4, 0.5) is 5.82 Å². The number of hydrogen-bond donors (Lipinski definition) is 2. The van der Waals surface area contributed by atoms with Crippen LogP contribution in [0.15, 0.2) is 23.3 Å². The maximum Gasteiger partial charge on any atom is 0.191 e. The minimum absolute atomic E-state index is 0. The molecule has 2 heterocycles. The van der Waals surface area contributed by atoms with Gasteiger partial charge in [-0.2, -0.15) is 0 Å². The number of nitrogens with zero attached hydrogens (tertiary/aromatic N) is 3. The summed E-state index contributed by atoms with van der Waals surface area (Å²) in [5, 5.41) is 6.54. The van der Waals surface area contributed by atoms with Crippen molar-refractivity contribution in [3.63, 3.8) is 0 Å². The van der Waals surface area contributed by atoms with Gasteiger partial charge in [-0.25, -0.2) is 4.98 Å². The fraction of sp³-hybridized carbons (Fsp3) is 0.647. The van der Waals surface area contributed by atoms with Crippen LogP contribution in [-0.2, 0) is 11.3 Å². The SMILES string of the molecule is CN=C(NCCOC)NCc1ccnc(N2CCCCCC2)c1.I. The molecule has 0 spiro atoms. The second kappa shape index (κ2) is 12.3. The largest absolute Gasteiger partial charge is 0.383 e. The summed E-state index contributed by atoms with van der Waals surface area (Å²) in [6.07, 6.45) is 7.10. The molecule has 1 fully saturated rings. The molecule has 0 atom stereocenters. The summed E-state index contributed by atoms with van der Waals surface area (Å²) in [4.78, 5) is 11.2. The molecule has 24 heavy (non-hydrogen) atoms. The van der Waals surface area contributed by atoms with E-state index in [1.165, 1.54) is 31.2 Å². The summed E-state index contributed by atoms with van der Waals surface area (Å²) in [6.45, 7) is 4.37. The van der Waals surface area contributed by atoms with E-state index in [1.54, 1.807) is 14.2 Å². The number of hydrogen-bond acceptors (Lipinski definition) is 4. The van der Waals surface area contributed by atoms with Gasteiger partial charge in [0.25, 0.3) is 0 Å². The van der Waals surface area contributed by atoms with Crippen molar-refractivity contribution in [2.24, 2.45) is 4.99 Å². The van der Waals surface area contributed by atoms with E-state index in [-0.39, 0.29) is 24.0 Å². The highest BCUT2D eigenvalue weighted by atomic mass is 127. The third kappa shape index (κ3) is 7.21. The maximum atomic E-state index is 5.03. The molecule has 6 nitrogen and oxygen atoms in total. The fourth-order valence-corrected chi connectivity index (χ4v) is 2.72. The molecule has 0 unspecified atom stereocenters. The predicted molar refractivity (Wildman–Crippen MR) is 110 cm³/mol. The minimum atomic E-state index is 0. The van der Waals surface area contributed by atoms with Crippen molar-refractivity contribution >= 4 is 35.8 Å². The number of pyridine rings is 1. The lowest BCUT2D eigenvalue weighted by molar-refractivity contribution is 0.203. The Morgan fingerprint density at radius 3 is 2.67 bits per heavy atom. The topological polar surface area (TPSA) is 61.8 Å². The van der Waals surface area contributed by atoms with E-state index in [1.807, 2.05) is 6.20 Å². The summed E-state index contributed by atoms with van der Waals surface area (Å²) in [6, 6.07) is 4.23. The van der Waals surface area contributed by atoms with E-state index in [4.69, 9.17) is 4.74 Å². The standard InChI is InChI=1S/C17H29N5O.HI/c1-18-17(20-9-12-23-2)21-14-15-7-8-19-16(13-15)22-10-5-3-4-6-11-22;/h7-8,13H,3-6,9-12,14H2,1-2H3,(H2,18,20,21);1H. The van der Waals surface area contributed by atoms with E-state index in [0.717, 1.165) is 38.0 Å². The van der Waals surface area contributed by atoms with Crippen molar-refractivity contribution in [1.29, 1.82) is 0 Å². The molecule has 1 aromatic heterocycles. The van der Waals surface area contributed by atoms with E-state index < -0.39 is 0 Å². The van der Waals surface area contributed by atoms with Crippen molar-refractivity contribution in [2.75, 3.05) is 45.3 Å². The molecule has 0 bridgehead atoms. The van der Waals surface area contributed by atoms with Crippen LogP contribution < -0.4 is 15.5 Å². The summed E-state index contributed by atoms with van der Waals surface area (Å²) in [5.74, 6) is 1.88. The Balaban J connectivity index is 0.00000288. The quantitative estimate of drug-likeness (QED) is 0.304. The second-order valence-electron chi connectivity index (χ2n) is 5.77. The molecule has 1 aromatic rings. The summed E-state index contributed by atoms with van der Waals surface area (Å²) >= 11 is 0. The predicted octanol–water partition coefficient (Wildman–Crippen LogP) is 2.39. The van der Waals surface area contributed by atoms with Gasteiger partial charge in [0.05, 0.1) is 6.61 Å². The Bertz CT molecular complexity index is 490. The average molecular weight is 447 g/mol. The van der Waals surface area contributed by atoms with Gasteiger partial charge in [-0.15, -0.1) is 24.0 Å². The Labute approximate surface area is 162 Å². The molecule has 136 valence electrons. The van der Waals surface area contributed by atoms with Gasteiger partial charge in [-0.3, -0.25) is 4.99 Å². The van der Waals surface area contributed by atoms with Crippen molar-refractivity contribution in [1.82, 2.24) is 15.6 Å². The first-order chi connectivity index (χ1) is 11.3. The summed E-state index contributed by atoms with van der Waals surface area (Å²) in [5.41, 5.74) is 1.22. The molecule has 0 saturated carbocycles. The van der Waals surface area contributed by atoms with Crippen LogP contribution in [0, 0.1) is 0 Å². The van der Waals surface area contributed by atoms with Crippen LogP contribution in [0.2, 0.25) is 0 Å². The van der Waals surface area contributed by atoms with Crippen LogP contribution in [0.1, 0.15) is 31.2 Å². The number of anilines is 1. The molecule has 2 N–H and O–H groups in total. The molecule has 0 aromatic carbocycles. The van der Waals surface area contributed by atoms with Crippen molar-refractivity contribution in [3.8, 4) is 0 Å². The van der Waals surface area contributed by atoms with E-state index in [9.17, 15) is 0 Å². The molecule has 0 aliphatic carbocycles. The third-order valence-corrected chi connectivity index (χ3v) is 4.02. The van der Waals surface area contributed by atoms with Crippen molar-refractivity contribution in [3.05, 3.63) is 23.9 Å². The van der Waals surface area contributed by atoms with Gasteiger partial charge in [-0.05, 0) is 30.5 Å². The number of methoxy groups -OCH3 is 1. The highest BCUT2D eigenvalue weighted by molar-refractivity contribution is 14.0. The molecule has 2 rings (SSSR count). The highest BCUT2D eigenvalue weighted by Gasteiger charge is 2.11. The lowest BCUT2D eigenvalue weighted by atomic mass is 10.2. The van der Waals surface area contributed by atoms with Gasteiger partial charge in [-0.1, -0.05) is 12.8 Å². The van der Waals surface area contributed by atoms with Gasteiger partial charge in [0.15, 0.2) is 5.96 Å². The third-order valence-electron chi connectivity index (χ3n) is 4.02. The van der Waals surface area contributed by atoms with Crippen LogP contribution in [-0.4, -0.2) is 51.3 Å². The molecule has 0 radical (unpaired) electrons. The highest BCUT2D eigenvalue weighted by Crippen LogP contribution is 2.18. The monoisotopic (exact) mass is 447 g/mol. The lowest BCUT2D eigenvalue weighted by Gasteiger charge is -2.22. The van der Waals surface area contributed by atoms with E-state index in [2.05, 4.69) is 37.6 Å². The Kier molecular flexibility index (Phi) is 10.7. The first-order valence-corrected chi connectivity index (χ1v) is 8.47. The molecular formula is C17H30IN5O. The van der Waals surface area contributed by atoms with Crippen LogP contribution in [0.3, 0.4) is 0 Å². The van der Waals surface area contributed by atoms with Crippen LogP contribution >= 0.6 is 24.0 Å². The van der Waals surface area contributed by atoms with E-state index in [0.29, 0.717) is 6.61 Å². The first-order valence-electron chi connectivity index (χ1n) is 8.47. The van der Waals surface area contributed by atoms with E-state index >= 15 is 0 Å². The smallest absolute Gasteiger partial charge is 0.191 e. The van der Waals surface area contributed by atoms with Gasteiger partial charge in [0.2, 0.25) is 0 Å². The number of aliphatic imine (C=N–C) groups is 1. The maximum absolute atomic E-state index is 5.03. The molecule has 7 heteroatoms. The molecule has 1 aliphatic heterocycles. The second-order valence-corrected chi connectivity index (χ2v) is 5.77. The Hall–Kier alpha value is -1.09. The Morgan fingerprint density at radius 2 is 2.00 bits per heavy atom. The number of guanidine groups is 1. The number of ether oxygens (including phenoxy) is 1. The number of aromatic nitrogens is 1. The molecule has 1 aliphatic rings. The van der Waals surface area contributed by atoms with Crippen LogP contribution in [0.5, 0.6) is 0 Å². The van der Waals surface area contributed by atoms with Gasteiger partial charge < -0.3 is 20.3 Å². The zero-order chi connectivity index (χ0) is 16.3. The summed E-state index contributed by atoms with van der Waals surface area (Å²) < 4.78 is 5.03. The summed E-state index contributed by atoms with van der Waals surface area (Å²) in [7, 11) is 3.47. The average Bonchev–Trinajstić information content (AvgIpc) is 2.87. The van der Waals surface area contributed by atoms with Gasteiger partial charge >= 0.3 is 0 Å². The molecule has 1 saturated heterocycles. The number of rotatable bonds is 6. The fourth-order valence-electron chi connectivity index (χ4n) is 2.72. The van der Waals surface area contributed by atoms with Crippen LogP contribution in [0.25, 0.3) is 0 Å². The number of nitrogens with one attached hydrogen (secondary N) is 2. The Morgan fingerprint density at radius 1 is 1.25 bits per heavy atom. The number of halogens is 1. The zero-order valence-corrected chi connectivity index (χ0v) is 17.1. The first kappa shape index (κ1) is 21.0. The molecular weight excluding hydrogens is 417 g/mol. The zero-order valence-electron chi connectivity index (χ0n) is 14.8.